The maximum Gasteiger partial charge on any atom is 0.251 e. The van der Waals surface area contributed by atoms with Gasteiger partial charge in [0, 0.05) is 36.9 Å². The molecule has 0 unspecified atom stereocenters. The second-order valence-corrected chi connectivity index (χ2v) is 11.6. The number of hydrogen-bond acceptors (Lipinski definition) is 4. The third-order valence-corrected chi connectivity index (χ3v) is 9.26. The van der Waals surface area contributed by atoms with Gasteiger partial charge in [-0.15, -0.1) is 0 Å². The maximum atomic E-state index is 12.7. The lowest BCUT2D eigenvalue weighted by molar-refractivity contribution is -0.122. The largest absolute Gasteiger partial charge is 0.371 e. The van der Waals surface area contributed by atoms with E-state index in [9.17, 15) is 9.59 Å². The van der Waals surface area contributed by atoms with E-state index in [4.69, 9.17) is 0 Å². The molecule has 3 atom stereocenters. The highest BCUT2D eigenvalue weighted by atomic mass is 16.2. The number of nitrogens with one attached hydrogen (secondary N) is 3. The summed E-state index contributed by atoms with van der Waals surface area (Å²) < 4.78 is 0. The summed E-state index contributed by atoms with van der Waals surface area (Å²) in [7, 11) is 0. The van der Waals surface area contributed by atoms with E-state index in [1.165, 1.54) is 24.9 Å². The molecular formula is C29H42N4O2. The first kappa shape index (κ1) is 24.4. The molecule has 0 spiro atoms. The van der Waals surface area contributed by atoms with Gasteiger partial charge in [-0.25, -0.2) is 0 Å². The van der Waals surface area contributed by atoms with Crippen molar-refractivity contribution in [3.05, 3.63) is 41.5 Å². The number of benzene rings is 1. The SMILES string of the molecule is CC1(C)[C@H]2CC=C(CCNC3CCN(c4ccc(C(=O)N[C@H]5CCCCNC5=O)cc4)CC3)[C@@H]1C2. The summed E-state index contributed by atoms with van der Waals surface area (Å²) in [5.41, 5.74) is 4.00. The van der Waals surface area contributed by atoms with Crippen LogP contribution in [0.3, 0.4) is 0 Å². The normalized spacial score (nSPS) is 28.4. The first-order valence-corrected chi connectivity index (χ1v) is 13.8. The van der Waals surface area contributed by atoms with Crippen LogP contribution < -0.4 is 20.9 Å². The van der Waals surface area contributed by atoms with Gasteiger partial charge in [-0.2, -0.15) is 0 Å². The summed E-state index contributed by atoms with van der Waals surface area (Å²) in [5, 5.41) is 9.60. The molecule has 2 amide bonds. The molecule has 2 heterocycles. The second kappa shape index (κ2) is 10.3. The van der Waals surface area contributed by atoms with Gasteiger partial charge in [-0.3, -0.25) is 9.59 Å². The average molecular weight is 479 g/mol. The summed E-state index contributed by atoms with van der Waals surface area (Å²) in [6, 6.07) is 8.01. The van der Waals surface area contributed by atoms with Gasteiger partial charge >= 0.3 is 0 Å². The number of fused-ring (bicyclic) bond motifs is 1. The highest BCUT2D eigenvalue weighted by Crippen LogP contribution is 2.59. The Kier molecular flexibility index (Phi) is 7.19. The number of piperidine rings is 1. The third-order valence-electron chi connectivity index (χ3n) is 9.26. The Morgan fingerprint density at radius 2 is 1.89 bits per heavy atom. The predicted octanol–water partition coefficient (Wildman–Crippen LogP) is 4.03. The lowest BCUT2D eigenvalue weighted by atomic mass is 9.48. The highest BCUT2D eigenvalue weighted by molar-refractivity contribution is 5.97. The van der Waals surface area contributed by atoms with Crippen LogP contribution in [0.15, 0.2) is 35.9 Å². The van der Waals surface area contributed by atoms with Crippen molar-refractivity contribution in [3.8, 4) is 0 Å². The summed E-state index contributed by atoms with van der Waals surface area (Å²) in [6.07, 6.45) is 11.3. The monoisotopic (exact) mass is 478 g/mol. The van der Waals surface area contributed by atoms with Crippen molar-refractivity contribution in [2.24, 2.45) is 17.3 Å². The Balaban J connectivity index is 1.05. The Morgan fingerprint density at radius 1 is 1.11 bits per heavy atom. The molecule has 2 aliphatic heterocycles. The zero-order valence-corrected chi connectivity index (χ0v) is 21.4. The van der Waals surface area contributed by atoms with E-state index in [2.05, 4.69) is 40.8 Å². The van der Waals surface area contributed by atoms with E-state index in [1.54, 1.807) is 5.57 Å². The molecule has 3 fully saturated rings. The number of carbonyl (C=O) groups excluding carboxylic acids is 2. The summed E-state index contributed by atoms with van der Waals surface area (Å²) >= 11 is 0. The van der Waals surface area contributed by atoms with E-state index in [0.29, 0.717) is 30.0 Å². The smallest absolute Gasteiger partial charge is 0.251 e. The van der Waals surface area contributed by atoms with Crippen molar-refractivity contribution < 1.29 is 9.59 Å². The lowest BCUT2D eigenvalue weighted by Gasteiger charge is -2.56. The number of rotatable bonds is 7. The van der Waals surface area contributed by atoms with E-state index in [-0.39, 0.29) is 11.8 Å². The molecular weight excluding hydrogens is 436 g/mol. The van der Waals surface area contributed by atoms with Crippen LogP contribution in [0.25, 0.3) is 0 Å². The van der Waals surface area contributed by atoms with E-state index >= 15 is 0 Å². The Bertz CT molecular complexity index is 946. The van der Waals surface area contributed by atoms with Crippen LogP contribution in [-0.2, 0) is 4.79 Å². The van der Waals surface area contributed by atoms with Gasteiger partial charge in [-0.05, 0) is 99.4 Å². The molecule has 5 aliphatic rings. The van der Waals surface area contributed by atoms with Crippen LogP contribution in [0, 0.1) is 17.3 Å². The van der Waals surface area contributed by atoms with Gasteiger partial charge in [0.2, 0.25) is 5.91 Å². The number of hydrogen-bond donors (Lipinski definition) is 3. The molecule has 0 radical (unpaired) electrons. The second-order valence-electron chi connectivity index (χ2n) is 11.6. The lowest BCUT2D eigenvalue weighted by Crippen LogP contribution is -2.48. The van der Waals surface area contributed by atoms with E-state index in [0.717, 1.165) is 57.2 Å². The van der Waals surface area contributed by atoms with Crippen LogP contribution in [-0.4, -0.2) is 50.1 Å². The van der Waals surface area contributed by atoms with Crippen molar-refractivity contribution in [2.75, 3.05) is 31.1 Å². The predicted molar refractivity (Wildman–Crippen MR) is 140 cm³/mol. The van der Waals surface area contributed by atoms with Gasteiger partial charge in [0.05, 0.1) is 0 Å². The minimum absolute atomic E-state index is 0.0695. The molecule has 6 heteroatoms. The van der Waals surface area contributed by atoms with E-state index < -0.39 is 6.04 Å². The zero-order valence-electron chi connectivity index (χ0n) is 21.4. The van der Waals surface area contributed by atoms with Gasteiger partial charge in [0.25, 0.3) is 5.91 Å². The molecule has 190 valence electrons. The van der Waals surface area contributed by atoms with Gasteiger partial charge in [-0.1, -0.05) is 25.5 Å². The fourth-order valence-corrected chi connectivity index (χ4v) is 6.66. The minimum atomic E-state index is -0.428. The molecule has 35 heavy (non-hydrogen) atoms. The Morgan fingerprint density at radius 3 is 2.60 bits per heavy atom. The van der Waals surface area contributed by atoms with E-state index in [1.807, 2.05) is 24.3 Å². The Hall–Kier alpha value is -2.34. The summed E-state index contributed by atoms with van der Waals surface area (Å²) in [5.74, 6) is 1.49. The topological polar surface area (TPSA) is 73.5 Å². The standard InChI is InChI=1S/C29H42N4O2/c1-29(2)22-9-6-20(25(29)19-22)12-16-30-23-13-17-33(18-14-23)24-10-7-21(8-11-24)27(34)32-26-5-3-4-15-31-28(26)35/h6-8,10-11,22-23,25-26,30H,3-5,9,12-19H2,1-2H3,(H,31,35)(H,32,34)/t22-,25-,26-/m0/s1. The van der Waals surface area contributed by atoms with Crippen LogP contribution in [0.1, 0.15) is 75.6 Å². The van der Waals surface area contributed by atoms with Crippen LogP contribution >= 0.6 is 0 Å². The third kappa shape index (κ3) is 5.28. The molecule has 1 saturated carbocycles. The van der Waals surface area contributed by atoms with Crippen molar-refractivity contribution in [1.29, 1.82) is 0 Å². The van der Waals surface area contributed by atoms with Gasteiger partial charge in [0.15, 0.2) is 0 Å². The fraction of sp³-hybridized carbons (Fsp3) is 0.655. The van der Waals surface area contributed by atoms with Crippen LogP contribution in [0.2, 0.25) is 0 Å². The highest BCUT2D eigenvalue weighted by Gasteiger charge is 2.50. The fourth-order valence-electron chi connectivity index (χ4n) is 6.66. The molecule has 1 aromatic carbocycles. The first-order valence-electron chi connectivity index (χ1n) is 13.8. The number of carbonyl (C=O) groups is 2. The molecule has 2 bridgehead atoms. The van der Waals surface area contributed by atoms with Crippen molar-refractivity contribution in [1.82, 2.24) is 16.0 Å². The summed E-state index contributed by atoms with van der Waals surface area (Å²) in [4.78, 5) is 27.2. The molecule has 0 aromatic heterocycles. The molecule has 2 saturated heterocycles. The Labute approximate surface area is 210 Å². The zero-order chi connectivity index (χ0) is 24.4. The van der Waals surface area contributed by atoms with Crippen LogP contribution in [0.5, 0.6) is 0 Å². The number of allylic oxidation sites excluding steroid dienone is 1. The quantitative estimate of drug-likeness (QED) is 0.518. The van der Waals surface area contributed by atoms with Crippen molar-refractivity contribution >= 4 is 17.5 Å². The average Bonchev–Trinajstić information content (AvgIpc) is 3.08. The minimum Gasteiger partial charge on any atom is -0.371 e. The molecule has 3 N–H and O–H groups in total. The van der Waals surface area contributed by atoms with Crippen LogP contribution in [0.4, 0.5) is 5.69 Å². The number of anilines is 1. The maximum absolute atomic E-state index is 12.7. The molecule has 3 aliphatic carbocycles. The molecule has 6 nitrogen and oxygen atoms in total. The van der Waals surface area contributed by atoms with Crippen molar-refractivity contribution in [2.45, 2.75) is 77.3 Å². The number of nitrogens with zero attached hydrogens (tertiary/aromatic N) is 1. The molecule has 1 aromatic rings. The molecule has 6 rings (SSSR count). The summed E-state index contributed by atoms with van der Waals surface area (Å²) in [6.45, 7) is 8.77. The first-order chi connectivity index (χ1) is 16.9. The van der Waals surface area contributed by atoms with Gasteiger partial charge in [0.1, 0.15) is 6.04 Å². The number of amides is 2. The van der Waals surface area contributed by atoms with Crippen molar-refractivity contribution in [3.63, 3.8) is 0 Å². The van der Waals surface area contributed by atoms with Gasteiger partial charge < -0.3 is 20.9 Å².